The van der Waals surface area contributed by atoms with Gasteiger partial charge in [-0.25, -0.2) is 0 Å². The van der Waals surface area contributed by atoms with E-state index in [1.54, 1.807) is 0 Å². The molecule has 5 heteroatoms. The lowest BCUT2D eigenvalue weighted by molar-refractivity contribution is 0.824. The molecule has 0 amide bonds. The van der Waals surface area contributed by atoms with Gasteiger partial charge in [0.2, 0.25) is 0 Å². The first-order chi connectivity index (χ1) is 31.4. The van der Waals surface area contributed by atoms with Gasteiger partial charge in [-0.3, -0.25) is 0 Å². The molecular formula is C60H50N4O. The van der Waals surface area contributed by atoms with Crippen LogP contribution in [0.25, 0.3) is 89.0 Å². The smallest absolute Gasteiger partial charge is 0.0326 e. The lowest BCUT2D eigenvalue weighted by atomic mass is 9.84. The molecule has 10 rings (SSSR count). The minimum atomic E-state index is 0. The summed E-state index contributed by atoms with van der Waals surface area (Å²) in [5.41, 5.74) is 46.3. The zero-order valence-corrected chi connectivity index (χ0v) is 35.9. The summed E-state index contributed by atoms with van der Waals surface area (Å²) < 4.78 is 0. The molecule has 0 aliphatic carbocycles. The summed E-state index contributed by atoms with van der Waals surface area (Å²) >= 11 is 0. The Hall–Kier alpha value is -8.64. The van der Waals surface area contributed by atoms with Gasteiger partial charge < -0.3 is 28.4 Å². The molecule has 0 saturated carbocycles. The normalized spacial score (nSPS) is 10.6. The second-order valence-corrected chi connectivity index (χ2v) is 15.8. The second kappa shape index (κ2) is 19.6. The third-order valence-electron chi connectivity index (χ3n) is 11.5. The van der Waals surface area contributed by atoms with Gasteiger partial charge >= 0.3 is 0 Å². The number of nitrogens with two attached hydrogens (primary N) is 4. The maximum atomic E-state index is 6.43. The molecule has 0 bridgehead atoms. The largest absolute Gasteiger partial charge is 0.412 e. The Balaban J connectivity index is 0.000000175. The molecular weight excluding hydrogens is 793 g/mol. The summed E-state index contributed by atoms with van der Waals surface area (Å²) in [5.74, 6) is 0. The highest BCUT2D eigenvalue weighted by Crippen LogP contribution is 2.47. The molecule has 5 nitrogen and oxygen atoms in total. The van der Waals surface area contributed by atoms with Gasteiger partial charge in [0.05, 0.1) is 0 Å². The molecule has 0 aliphatic heterocycles. The molecule has 0 atom stereocenters. The Morgan fingerprint density at radius 1 is 0.185 bits per heavy atom. The number of anilines is 4. The number of hydrogen-bond acceptors (Lipinski definition) is 4. The highest BCUT2D eigenvalue weighted by atomic mass is 16.0. The van der Waals surface area contributed by atoms with E-state index in [1.807, 2.05) is 48.5 Å². The average Bonchev–Trinajstić information content (AvgIpc) is 3.35. The van der Waals surface area contributed by atoms with Gasteiger partial charge in [-0.15, -0.1) is 0 Å². The first-order valence-electron chi connectivity index (χ1n) is 21.4. The summed E-state index contributed by atoms with van der Waals surface area (Å²) in [6.45, 7) is 0. The van der Waals surface area contributed by atoms with E-state index in [0.29, 0.717) is 0 Å². The molecule has 65 heavy (non-hydrogen) atoms. The highest BCUT2D eigenvalue weighted by Gasteiger charge is 2.21. The fraction of sp³-hybridized carbons (Fsp3) is 0. The maximum absolute atomic E-state index is 6.43. The molecule has 0 saturated heterocycles. The third kappa shape index (κ3) is 9.42. The molecule has 10 aromatic rings. The van der Waals surface area contributed by atoms with E-state index in [4.69, 9.17) is 22.9 Å². The molecule has 0 unspecified atom stereocenters. The van der Waals surface area contributed by atoms with Gasteiger partial charge in [0.15, 0.2) is 0 Å². The lowest BCUT2D eigenvalue weighted by Crippen LogP contribution is -1.97. The van der Waals surface area contributed by atoms with Crippen LogP contribution in [0.4, 0.5) is 22.7 Å². The lowest BCUT2D eigenvalue weighted by Gasteiger charge is -2.20. The average molecular weight is 843 g/mol. The van der Waals surface area contributed by atoms with E-state index in [0.717, 1.165) is 112 Å². The number of rotatable bonds is 8. The molecule has 0 spiro atoms. The Bertz CT molecular complexity index is 2820. The van der Waals surface area contributed by atoms with Crippen LogP contribution in [0.2, 0.25) is 0 Å². The van der Waals surface area contributed by atoms with E-state index < -0.39 is 0 Å². The van der Waals surface area contributed by atoms with Crippen LogP contribution in [0.3, 0.4) is 0 Å². The monoisotopic (exact) mass is 842 g/mol. The van der Waals surface area contributed by atoms with Crippen LogP contribution in [0, 0.1) is 0 Å². The summed E-state index contributed by atoms with van der Waals surface area (Å²) in [6.07, 6.45) is 0. The maximum Gasteiger partial charge on any atom is 0.0326 e. The van der Waals surface area contributed by atoms with Crippen molar-refractivity contribution in [3.8, 4) is 89.0 Å². The van der Waals surface area contributed by atoms with Crippen LogP contribution in [0.15, 0.2) is 243 Å². The molecule has 0 fully saturated rings. The third-order valence-corrected chi connectivity index (χ3v) is 11.5. The SMILES string of the molecule is Nc1ccc(-c2c(-c3ccccc3)cc(N)cc2-c2ccccc2)c(-c2ccccc2)c1.Nc1ccc(-c2c(-c3ccccc3)cc(N)cc2-c2ccccc2)c(-c2ccccc2)c1.O. The Morgan fingerprint density at radius 2 is 0.385 bits per heavy atom. The quantitative estimate of drug-likeness (QED) is 0.113. The highest BCUT2D eigenvalue weighted by molar-refractivity contribution is 6.03. The Labute approximate surface area is 381 Å². The number of nitrogen functional groups attached to an aromatic ring is 4. The van der Waals surface area contributed by atoms with Gasteiger partial charge in [-0.05, 0) is 138 Å². The van der Waals surface area contributed by atoms with Crippen LogP contribution in [-0.4, -0.2) is 5.48 Å². The molecule has 0 aliphatic rings. The zero-order valence-electron chi connectivity index (χ0n) is 35.9. The Morgan fingerprint density at radius 3 is 0.615 bits per heavy atom. The van der Waals surface area contributed by atoms with Crippen LogP contribution in [0.5, 0.6) is 0 Å². The first kappa shape index (κ1) is 43.0. The van der Waals surface area contributed by atoms with Crippen molar-refractivity contribution in [1.29, 1.82) is 0 Å². The van der Waals surface area contributed by atoms with Crippen LogP contribution in [-0.2, 0) is 0 Å². The van der Waals surface area contributed by atoms with E-state index in [1.165, 1.54) is 0 Å². The topological polar surface area (TPSA) is 136 Å². The van der Waals surface area contributed by atoms with Gasteiger partial charge in [0, 0.05) is 22.7 Å². The Kier molecular flexibility index (Phi) is 13.0. The molecule has 0 heterocycles. The van der Waals surface area contributed by atoms with Gasteiger partial charge in [-0.2, -0.15) is 0 Å². The molecule has 0 radical (unpaired) electrons. The van der Waals surface area contributed by atoms with E-state index in [-0.39, 0.29) is 5.48 Å². The fourth-order valence-corrected chi connectivity index (χ4v) is 8.56. The first-order valence-corrected chi connectivity index (χ1v) is 21.4. The number of benzene rings is 10. The van der Waals surface area contributed by atoms with Crippen molar-refractivity contribution < 1.29 is 5.48 Å². The number of hydrogen-bond donors (Lipinski definition) is 4. The van der Waals surface area contributed by atoms with Crippen LogP contribution >= 0.6 is 0 Å². The summed E-state index contributed by atoms with van der Waals surface area (Å²) in [5, 5.41) is 0. The fourth-order valence-electron chi connectivity index (χ4n) is 8.56. The van der Waals surface area contributed by atoms with E-state index >= 15 is 0 Å². The van der Waals surface area contributed by atoms with E-state index in [2.05, 4.69) is 194 Å². The van der Waals surface area contributed by atoms with Crippen molar-refractivity contribution in [3.05, 3.63) is 243 Å². The molecule has 0 aromatic heterocycles. The minimum absolute atomic E-state index is 0. The predicted octanol–water partition coefficient (Wildman–Crippen LogP) is 14.2. The summed E-state index contributed by atoms with van der Waals surface area (Å²) in [7, 11) is 0. The van der Waals surface area contributed by atoms with Crippen molar-refractivity contribution in [1.82, 2.24) is 0 Å². The van der Waals surface area contributed by atoms with E-state index in [9.17, 15) is 0 Å². The second-order valence-electron chi connectivity index (χ2n) is 15.8. The van der Waals surface area contributed by atoms with Gasteiger partial charge in [0.1, 0.15) is 0 Å². The predicted molar refractivity (Wildman–Crippen MR) is 278 cm³/mol. The van der Waals surface area contributed by atoms with Gasteiger partial charge in [0.25, 0.3) is 0 Å². The van der Waals surface area contributed by atoms with Crippen molar-refractivity contribution in [2.75, 3.05) is 22.9 Å². The van der Waals surface area contributed by atoms with Crippen molar-refractivity contribution >= 4 is 22.7 Å². The minimum Gasteiger partial charge on any atom is -0.412 e. The van der Waals surface area contributed by atoms with Gasteiger partial charge in [-0.1, -0.05) is 194 Å². The molecule has 10 aromatic carbocycles. The summed E-state index contributed by atoms with van der Waals surface area (Å²) in [4.78, 5) is 0. The van der Waals surface area contributed by atoms with Crippen molar-refractivity contribution in [3.63, 3.8) is 0 Å². The van der Waals surface area contributed by atoms with Crippen LogP contribution < -0.4 is 22.9 Å². The molecule has 10 N–H and O–H groups in total. The van der Waals surface area contributed by atoms with Crippen molar-refractivity contribution in [2.24, 2.45) is 0 Å². The zero-order chi connectivity index (χ0) is 43.8. The van der Waals surface area contributed by atoms with Crippen molar-refractivity contribution in [2.45, 2.75) is 0 Å². The molecule has 316 valence electrons. The summed E-state index contributed by atoms with van der Waals surface area (Å²) in [6, 6.07) is 83.1. The van der Waals surface area contributed by atoms with Crippen LogP contribution in [0.1, 0.15) is 0 Å². The standard InChI is InChI=1S/2C30H24N2.H2O/c2*31-24-16-17-26(27(18-24)21-10-4-1-5-11-21)30-28(22-12-6-2-7-13-22)19-25(32)20-29(30)23-14-8-3-9-15-23;/h2*1-20H,31-32H2;1H2.